The van der Waals surface area contributed by atoms with Gasteiger partial charge in [0, 0.05) is 5.69 Å². The molecule has 2 aromatic carbocycles. The fraction of sp³-hybridized carbons (Fsp3) is 0.278. The topological polar surface area (TPSA) is 17.8 Å². The number of imidazole rings is 1. The van der Waals surface area contributed by atoms with Crippen LogP contribution in [0.15, 0.2) is 42.5 Å². The zero-order valence-electron chi connectivity index (χ0n) is 12.6. The highest BCUT2D eigenvalue weighted by Gasteiger charge is 2.16. The van der Waals surface area contributed by atoms with Crippen molar-refractivity contribution in [3.05, 3.63) is 59.4 Å². The molecule has 21 heavy (non-hydrogen) atoms. The Morgan fingerprint density at radius 2 is 1.86 bits per heavy atom. The van der Waals surface area contributed by atoms with Crippen molar-refractivity contribution < 1.29 is 0 Å². The van der Waals surface area contributed by atoms with Crippen LogP contribution in [0.4, 0.5) is 0 Å². The van der Waals surface area contributed by atoms with Gasteiger partial charge in [-0.15, -0.1) is 11.6 Å². The quantitative estimate of drug-likeness (QED) is 0.608. The summed E-state index contributed by atoms with van der Waals surface area (Å²) in [6.07, 6.45) is 1.04. The van der Waals surface area contributed by atoms with E-state index in [1.54, 1.807) is 0 Å². The van der Waals surface area contributed by atoms with E-state index in [-0.39, 0.29) is 5.38 Å². The van der Waals surface area contributed by atoms with Gasteiger partial charge in [0.2, 0.25) is 0 Å². The summed E-state index contributed by atoms with van der Waals surface area (Å²) < 4.78 is 2.16. The molecular formula is C18H19ClN2. The molecular weight excluding hydrogens is 280 g/mol. The number of nitrogens with zero attached hydrogens (tertiary/aromatic N) is 2. The van der Waals surface area contributed by atoms with Crippen LogP contribution in [0.3, 0.4) is 0 Å². The molecule has 108 valence electrons. The summed E-state index contributed by atoms with van der Waals surface area (Å²) in [5.41, 5.74) is 5.76. The first-order valence-corrected chi connectivity index (χ1v) is 7.76. The van der Waals surface area contributed by atoms with Gasteiger partial charge in [-0.2, -0.15) is 0 Å². The molecule has 0 amide bonds. The van der Waals surface area contributed by atoms with E-state index in [0.717, 1.165) is 29.0 Å². The van der Waals surface area contributed by atoms with Gasteiger partial charge < -0.3 is 0 Å². The highest BCUT2D eigenvalue weighted by atomic mass is 35.5. The molecule has 0 saturated heterocycles. The van der Waals surface area contributed by atoms with Gasteiger partial charge in [-0.1, -0.05) is 25.1 Å². The summed E-state index contributed by atoms with van der Waals surface area (Å²) in [4.78, 5) is 4.72. The number of rotatable bonds is 3. The number of alkyl halides is 1. The van der Waals surface area contributed by atoms with Crippen molar-refractivity contribution in [2.75, 3.05) is 0 Å². The largest absolute Gasteiger partial charge is 0.295 e. The molecule has 0 saturated carbocycles. The molecule has 0 radical (unpaired) electrons. The molecule has 0 fully saturated rings. The van der Waals surface area contributed by atoms with E-state index in [2.05, 4.69) is 60.9 Å². The summed E-state index contributed by atoms with van der Waals surface area (Å²) in [6.45, 7) is 6.21. The minimum absolute atomic E-state index is 0.136. The fourth-order valence-corrected chi connectivity index (χ4v) is 2.77. The smallest absolute Gasteiger partial charge is 0.132 e. The average molecular weight is 299 g/mol. The Bertz CT molecular complexity index is 770. The Balaban J connectivity index is 2.25. The normalized spacial score (nSPS) is 12.8. The molecule has 1 heterocycles. The van der Waals surface area contributed by atoms with Gasteiger partial charge in [-0.3, -0.25) is 4.57 Å². The molecule has 1 unspecified atom stereocenters. The van der Waals surface area contributed by atoms with Crippen molar-refractivity contribution in [3.63, 3.8) is 0 Å². The number of halogens is 1. The molecule has 2 nitrogen and oxygen atoms in total. The minimum Gasteiger partial charge on any atom is -0.295 e. The van der Waals surface area contributed by atoms with Gasteiger partial charge in [-0.05, 0) is 55.7 Å². The van der Waals surface area contributed by atoms with Gasteiger partial charge >= 0.3 is 0 Å². The third kappa shape index (κ3) is 2.56. The van der Waals surface area contributed by atoms with E-state index < -0.39 is 0 Å². The third-order valence-electron chi connectivity index (χ3n) is 3.79. The first kappa shape index (κ1) is 14.2. The van der Waals surface area contributed by atoms with Crippen LogP contribution in [0.1, 0.15) is 36.2 Å². The molecule has 0 aliphatic rings. The summed E-state index contributed by atoms with van der Waals surface area (Å²) in [6, 6.07) is 15.0. The number of fused-ring (bicyclic) bond motifs is 1. The Labute approximate surface area is 130 Å². The summed E-state index contributed by atoms with van der Waals surface area (Å²) >= 11 is 6.34. The molecule has 0 aliphatic heterocycles. The molecule has 0 aliphatic carbocycles. The van der Waals surface area contributed by atoms with Crippen molar-refractivity contribution in [2.24, 2.45) is 0 Å². The monoisotopic (exact) mass is 298 g/mol. The second kappa shape index (κ2) is 5.53. The summed E-state index contributed by atoms with van der Waals surface area (Å²) in [7, 11) is 0. The molecule has 3 heteroatoms. The fourth-order valence-electron chi connectivity index (χ4n) is 2.63. The Kier molecular flexibility index (Phi) is 3.73. The summed E-state index contributed by atoms with van der Waals surface area (Å²) in [5, 5.41) is -0.136. The lowest BCUT2D eigenvalue weighted by molar-refractivity contribution is 0.882. The minimum atomic E-state index is -0.136. The molecule has 0 bridgehead atoms. The van der Waals surface area contributed by atoms with Gasteiger partial charge in [-0.25, -0.2) is 4.98 Å². The molecule has 0 N–H and O–H groups in total. The van der Waals surface area contributed by atoms with Crippen molar-refractivity contribution in [1.29, 1.82) is 0 Å². The maximum absolute atomic E-state index is 6.34. The maximum atomic E-state index is 6.34. The predicted octanol–water partition coefficient (Wildman–Crippen LogP) is 5.20. The van der Waals surface area contributed by atoms with Crippen molar-refractivity contribution in [3.8, 4) is 5.69 Å². The van der Waals surface area contributed by atoms with Crippen molar-refractivity contribution in [1.82, 2.24) is 9.55 Å². The molecule has 1 atom stereocenters. The zero-order valence-corrected chi connectivity index (χ0v) is 13.4. The van der Waals surface area contributed by atoms with Crippen LogP contribution in [0.25, 0.3) is 16.7 Å². The number of benzene rings is 2. The number of hydrogen-bond acceptors (Lipinski definition) is 1. The lowest BCUT2D eigenvalue weighted by Crippen LogP contribution is -2.02. The maximum Gasteiger partial charge on any atom is 0.132 e. The van der Waals surface area contributed by atoms with Crippen LogP contribution < -0.4 is 0 Å². The van der Waals surface area contributed by atoms with Crippen LogP contribution in [0, 0.1) is 6.92 Å². The van der Waals surface area contributed by atoms with Crippen molar-refractivity contribution >= 4 is 22.6 Å². The highest BCUT2D eigenvalue weighted by molar-refractivity contribution is 6.20. The second-order valence-corrected chi connectivity index (χ2v) is 6.09. The molecule has 3 aromatic rings. The molecule has 3 rings (SSSR count). The predicted molar refractivity (Wildman–Crippen MR) is 89.5 cm³/mol. The van der Waals surface area contributed by atoms with Gasteiger partial charge in [0.25, 0.3) is 0 Å². The van der Waals surface area contributed by atoms with E-state index in [1.165, 1.54) is 11.1 Å². The van der Waals surface area contributed by atoms with Gasteiger partial charge in [0.15, 0.2) is 0 Å². The molecule has 0 spiro atoms. The van der Waals surface area contributed by atoms with Gasteiger partial charge in [0.1, 0.15) is 5.82 Å². The summed E-state index contributed by atoms with van der Waals surface area (Å²) in [5.74, 6) is 0.890. The first-order chi connectivity index (χ1) is 10.1. The molecule has 1 aromatic heterocycles. The Morgan fingerprint density at radius 1 is 1.14 bits per heavy atom. The van der Waals surface area contributed by atoms with E-state index in [9.17, 15) is 0 Å². The highest BCUT2D eigenvalue weighted by Crippen LogP contribution is 2.28. The first-order valence-electron chi connectivity index (χ1n) is 7.32. The SMILES string of the molecule is CCc1ccc(-n2c(C(C)Cl)nc3cc(C)ccc32)cc1. The van der Waals surface area contributed by atoms with Crippen LogP contribution in [0.2, 0.25) is 0 Å². The third-order valence-corrected chi connectivity index (χ3v) is 3.99. The number of aromatic nitrogens is 2. The Morgan fingerprint density at radius 3 is 2.48 bits per heavy atom. The second-order valence-electron chi connectivity index (χ2n) is 5.43. The van der Waals surface area contributed by atoms with Crippen LogP contribution in [-0.4, -0.2) is 9.55 Å². The van der Waals surface area contributed by atoms with Gasteiger partial charge in [0.05, 0.1) is 16.4 Å². The number of hydrogen-bond donors (Lipinski definition) is 0. The van der Waals surface area contributed by atoms with Crippen LogP contribution >= 0.6 is 11.6 Å². The lowest BCUT2D eigenvalue weighted by atomic mass is 10.1. The zero-order chi connectivity index (χ0) is 15.0. The van der Waals surface area contributed by atoms with E-state index >= 15 is 0 Å². The van der Waals surface area contributed by atoms with E-state index in [0.29, 0.717) is 0 Å². The van der Waals surface area contributed by atoms with E-state index in [1.807, 2.05) is 6.92 Å². The van der Waals surface area contributed by atoms with Crippen molar-refractivity contribution in [2.45, 2.75) is 32.6 Å². The Hall–Kier alpha value is -1.80. The van der Waals surface area contributed by atoms with Crippen LogP contribution in [-0.2, 0) is 6.42 Å². The van der Waals surface area contributed by atoms with Crippen LogP contribution in [0.5, 0.6) is 0 Å². The standard InChI is InChI=1S/C18H19ClN2/c1-4-14-6-8-15(9-7-14)21-17-10-5-12(2)11-16(17)20-18(21)13(3)19/h5-11,13H,4H2,1-3H3. The number of aryl methyl sites for hydroxylation is 2. The lowest BCUT2D eigenvalue weighted by Gasteiger charge is -2.11. The average Bonchev–Trinajstić information content (AvgIpc) is 2.86. The van der Waals surface area contributed by atoms with E-state index in [4.69, 9.17) is 16.6 Å².